The van der Waals surface area contributed by atoms with Crippen molar-refractivity contribution in [3.63, 3.8) is 0 Å². The van der Waals surface area contributed by atoms with Crippen LogP contribution in [0.4, 0.5) is 0 Å². The molecule has 2 aromatic rings. The Hall–Kier alpha value is -1.77. The molecule has 0 amide bonds. The average Bonchev–Trinajstić information content (AvgIpc) is 3.01. The molecule has 116 valence electrons. The number of hydrogen-bond donors (Lipinski definition) is 6. The third-order valence-corrected chi connectivity index (χ3v) is 2.88. The van der Waals surface area contributed by atoms with Crippen LogP contribution in [-0.4, -0.2) is 67.8 Å². The number of H-pyrrole nitrogens is 1. The van der Waals surface area contributed by atoms with Gasteiger partial charge in [0.1, 0.15) is 24.4 Å². The molecule has 7 heteroatoms. The zero-order valence-corrected chi connectivity index (χ0v) is 11.2. The lowest BCUT2D eigenvalue weighted by Gasteiger charge is -2.22. The van der Waals surface area contributed by atoms with Crippen molar-refractivity contribution >= 4 is 17.2 Å². The number of nitrogens with one attached hydrogen (secondary N) is 1. The van der Waals surface area contributed by atoms with E-state index in [2.05, 4.69) is 23.2 Å². The van der Waals surface area contributed by atoms with Gasteiger partial charge in [-0.15, -0.1) is 0 Å². The maximum absolute atomic E-state index is 9.90. The Bertz CT molecular complexity index is 513. The first-order valence-corrected chi connectivity index (χ1v) is 6.31. The Morgan fingerprint density at radius 3 is 2.29 bits per heavy atom. The minimum absolute atomic E-state index is 0.0258. The Morgan fingerprint density at radius 2 is 1.71 bits per heavy atom. The average molecular weight is 297 g/mol. The molecule has 6 N–H and O–H groups in total. The first-order chi connectivity index (χ1) is 10.0. The van der Waals surface area contributed by atoms with Gasteiger partial charge in [0.25, 0.3) is 0 Å². The van der Waals surface area contributed by atoms with Gasteiger partial charge in [0.2, 0.25) is 0 Å². The number of carbonyl (C=O) groups is 1. The van der Waals surface area contributed by atoms with Crippen LogP contribution in [0, 0.1) is 0 Å². The molecule has 0 unspecified atom stereocenters. The van der Waals surface area contributed by atoms with Crippen LogP contribution in [0.15, 0.2) is 36.5 Å². The van der Waals surface area contributed by atoms with E-state index in [1.165, 1.54) is 10.9 Å². The zero-order valence-electron chi connectivity index (χ0n) is 11.2. The summed E-state index contributed by atoms with van der Waals surface area (Å²) >= 11 is 0. The first kappa shape index (κ1) is 17.3. The minimum Gasteiger partial charge on any atom is -0.394 e. The second-order valence-corrected chi connectivity index (χ2v) is 4.42. The van der Waals surface area contributed by atoms with Crippen molar-refractivity contribution in [3.05, 3.63) is 36.5 Å². The summed E-state index contributed by atoms with van der Waals surface area (Å²) in [4.78, 5) is 13.0. The summed E-state index contributed by atoms with van der Waals surface area (Å²) in [6.45, 7) is -0.760. The molecule has 1 aromatic heterocycles. The molecule has 4 atom stereocenters. The molecule has 0 spiro atoms. The quantitative estimate of drug-likeness (QED) is 0.383. The largest absolute Gasteiger partial charge is 0.394 e. The summed E-state index contributed by atoms with van der Waals surface area (Å²) in [6.07, 6.45) is -4.89. The topological polar surface area (TPSA) is 134 Å². The fourth-order valence-electron chi connectivity index (χ4n) is 1.61. The lowest BCUT2D eigenvalue weighted by Crippen LogP contribution is -2.46. The van der Waals surface area contributed by atoms with E-state index in [1.54, 1.807) is 0 Å². The van der Waals surface area contributed by atoms with Gasteiger partial charge >= 0.3 is 0 Å². The number of rotatable bonds is 5. The maximum Gasteiger partial charge on any atom is 0.151 e. The fraction of sp³-hybridized carbons (Fsp3) is 0.357. The van der Waals surface area contributed by atoms with Crippen LogP contribution in [0.3, 0.4) is 0 Å². The van der Waals surface area contributed by atoms with Crippen molar-refractivity contribution in [2.24, 2.45) is 0 Å². The SMILES string of the molecule is O=C[C@H](O)[C@@H](O)[C@H](O)[C@H](O)CO.c1ccc2[nH]ccc2c1. The van der Waals surface area contributed by atoms with Crippen molar-refractivity contribution in [1.29, 1.82) is 0 Å². The van der Waals surface area contributed by atoms with Crippen LogP contribution in [0.2, 0.25) is 0 Å². The van der Waals surface area contributed by atoms with Crippen molar-refractivity contribution in [2.45, 2.75) is 24.4 Å². The Labute approximate surface area is 121 Å². The number of fused-ring (bicyclic) bond motifs is 1. The molecule has 0 radical (unpaired) electrons. The van der Waals surface area contributed by atoms with Gasteiger partial charge in [-0.25, -0.2) is 0 Å². The third kappa shape index (κ3) is 4.92. The van der Waals surface area contributed by atoms with E-state index < -0.39 is 31.0 Å². The van der Waals surface area contributed by atoms with E-state index in [-0.39, 0.29) is 6.29 Å². The van der Waals surface area contributed by atoms with Crippen LogP contribution in [0.25, 0.3) is 10.9 Å². The normalized spacial score (nSPS) is 16.4. The summed E-state index contributed by atoms with van der Waals surface area (Å²) in [6, 6.07) is 10.3. The van der Waals surface area contributed by atoms with E-state index in [1.807, 2.05) is 18.3 Å². The second kappa shape index (κ2) is 8.50. The summed E-state index contributed by atoms with van der Waals surface area (Å²) in [7, 11) is 0. The smallest absolute Gasteiger partial charge is 0.151 e. The Balaban J connectivity index is 0.000000216. The van der Waals surface area contributed by atoms with Crippen LogP contribution < -0.4 is 0 Å². The van der Waals surface area contributed by atoms with Crippen LogP contribution in [0.1, 0.15) is 0 Å². The summed E-state index contributed by atoms with van der Waals surface area (Å²) in [5.74, 6) is 0. The van der Waals surface area contributed by atoms with Gasteiger partial charge < -0.3 is 35.3 Å². The first-order valence-electron chi connectivity index (χ1n) is 6.31. The van der Waals surface area contributed by atoms with Crippen LogP contribution in [0.5, 0.6) is 0 Å². The zero-order chi connectivity index (χ0) is 15.8. The Kier molecular flexibility index (Phi) is 7.00. The third-order valence-electron chi connectivity index (χ3n) is 2.88. The molecule has 0 aliphatic carbocycles. The highest BCUT2D eigenvalue weighted by atomic mass is 16.4. The van der Waals surface area contributed by atoms with Crippen molar-refractivity contribution in [1.82, 2.24) is 4.98 Å². The van der Waals surface area contributed by atoms with Gasteiger partial charge in [-0.1, -0.05) is 18.2 Å². The molecule has 1 aromatic carbocycles. The molecule has 2 rings (SSSR count). The summed E-state index contributed by atoms with van der Waals surface area (Å²) in [5, 5.41) is 44.8. The predicted molar refractivity (Wildman–Crippen MR) is 75.5 cm³/mol. The number of benzene rings is 1. The molecule has 1 heterocycles. The molecular weight excluding hydrogens is 278 g/mol. The number of aromatic nitrogens is 1. The number of aliphatic hydroxyl groups is 5. The molecule has 7 nitrogen and oxygen atoms in total. The number of hydrogen-bond acceptors (Lipinski definition) is 6. The summed E-state index contributed by atoms with van der Waals surface area (Å²) in [5.41, 5.74) is 1.21. The molecule has 0 bridgehead atoms. The van der Waals surface area contributed by atoms with E-state index in [9.17, 15) is 4.79 Å². The maximum atomic E-state index is 9.90. The van der Waals surface area contributed by atoms with Crippen LogP contribution >= 0.6 is 0 Å². The van der Waals surface area contributed by atoms with E-state index in [4.69, 9.17) is 25.5 Å². The van der Waals surface area contributed by atoms with E-state index in [0.29, 0.717) is 0 Å². The minimum atomic E-state index is -1.79. The van der Waals surface area contributed by atoms with Gasteiger partial charge in [-0.05, 0) is 17.5 Å². The number of aliphatic hydroxyl groups excluding tert-OH is 5. The van der Waals surface area contributed by atoms with Crippen molar-refractivity contribution in [2.75, 3.05) is 6.61 Å². The van der Waals surface area contributed by atoms with Gasteiger partial charge in [-0.2, -0.15) is 0 Å². The highest BCUT2D eigenvalue weighted by molar-refractivity contribution is 5.78. The highest BCUT2D eigenvalue weighted by Gasteiger charge is 2.29. The van der Waals surface area contributed by atoms with Crippen molar-refractivity contribution < 1.29 is 30.3 Å². The summed E-state index contributed by atoms with van der Waals surface area (Å²) < 4.78 is 0. The fourth-order valence-corrected chi connectivity index (χ4v) is 1.61. The van der Waals surface area contributed by atoms with E-state index >= 15 is 0 Å². The molecular formula is C14H19NO6. The lowest BCUT2D eigenvalue weighted by atomic mass is 10.0. The second-order valence-electron chi connectivity index (χ2n) is 4.42. The van der Waals surface area contributed by atoms with Gasteiger partial charge in [-0.3, -0.25) is 0 Å². The van der Waals surface area contributed by atoms with E-state index in [0.717, 1.165) is 0 Å². The van der Waals surface area contributed by atoms with Crippen molar-refractivity contribution in [3.8, 4) is 0 Å². The number of aldehydes is 1. The molecule has 21 heavy (non-hydrogen) atoms. The number of para-hydroxylation sites is 1. The number of aromatic amines is 1. The Morgan fingerprint density at radius 1 is 1.05 bits per heavy atom. The predicted octanol–water partition coefficient (Wildman–Crippen LogP) is -1.21. The highest BCUT2D eigenvalue weighted by Crippen LogP contribution is 2.09. The molecule has 0 aliphatic rings. The van der Waals surface area contributed by atoms with Gasteiger partial charge in [0, 0.05) is 11.7 Å². The van der Waals surface area contributed by atoms with Crippen LogP contribution in [-0.2, 0) is 4.79 Å². The molecule has 0 fully saturated rings. The number of carbonyl (C=O) groups excluding carboxylic acids is 1. The monoisotopic (exact) mass is 297 g/mol. The lowest BCUT2D eigenvalue weighted by molar-refractivity contribution is -0.136. The molecule has 0 saturated carbocycles. The molecule has 0 saturated heterocycles. The standard InChI is InChI=1S/C8H7N.C6H12O6/c1-2-4-8-7(3-1)5-6-9-8;7-1-3(9)5(11)6(12)4(10)2-8/h1-6,9H;1,3-6,8-12H,2H2/t;3-,4+,5+,6+/m.0/s1. The van der Waals surface area contributed by atoms with Gasteiger partial charge in [0.05, 0.1) is 6.61 Å². The molecule has 0 aliphatic heterocycles. The van der Waals surface area contributed by atoms with Gasteiger partial charge in [0.15, 0.2) is 6.29 Å².